The van der Waals surface area contributed by atoms with E-state index in [1.165, 1.54) is 0 Å². The summed E-state index contributed by atoms with van der Waals surface area (Å²) in [5, 5.41) is 13.3. The minimum atomic E-state index is 0.152. The van der Waals surface area contributed by atoms with Gasteiger partial charge in [-0.25, -0.2) is 0 Å². The van der Waals surface area contributed by atoms with Crippen LogP contribution in [-0.2, 0) is 14.3 Å². The van der Waals surface area contributed by atoms with E-state index < -0.39 is 0 Å². The quantitative estimate of drug-likeness (QED) is 0.873. The van der Waals surface area contributed by atoms with Crippen molar-refractivity contribution >= 4 is 11.5 Å². The molecule has 1 aromatic carbocycles. The molecule has 0 radical (unpaired) electrons. The zero-order valence-electron chi connectivity index (χ0n) is 10.5. The highest BCUT2D eigenvalue weighted by molar-refractivity contribution is 6.19. The van der Waals surface area contributed by atoms with Crippen LogP contribution < -0.4 is 0 Å². The van der Waals surface area contributed by atoms with Gasteiger partial charge in [-0.15, -0.1) is 0 Å². The van der Waals surface area contributed by atoms with Gasteiger partial charge in [0.2, 0.25) is 0 Å². The molecule has 0 bridgehead atoms. The second-order valence-corrected chi connectivity index (χ2v) is 3.48. The van der Waals surface area contributed by atoms with Gasteiger partial charge in [0.05, 0.1) is 0 Å². The SMILES string of the molecule is C=C(C1=NOCCO1)c1ccccc1O.COC. The zero-order chi connectivity index (χ0) is 13.4. The average Bonchev–Trinajstić information content (AvgIpc) is 2.40. The summed E-state index contributed by atoms with van der Waals surface area (Å²) in [6.07, 6.45) is 0. The van der Waals surface area contributed by atoms with Gasteiger partial charge in [-0.1, -0.05) is 24.8 Å². The molecule has 5 heteroatoms. The number of phenols is 1. The lowest BCUT2D eigenvalue weighted by Crippen LogP contribution is -2.17. The fraction of sp³-hybridized carbons (Fsp3) is 0.308. The molecule has 0 aliphatic carbocycles. The largest absolute Gasteiger partial charge is 0.507 e. The molecular weight excluding hydrogens is 234 g/mol. The topological polar surface area (TPSA) is 60.3 Å². The maximum absolute atomic E-state index is 9.60. The molecule has 0 unspecified atom stereocenters. The normalized spacial score (nSPS) is 13.3. The summed E-state index contributed by atoms with van der Waals surface area (Å²) in [4.78, 5) is 4.89. The monoisotopic (exact) mass is 251 g/mol. The van der Waals surface area contributed by atoms with Gasteiger partial charge in [-0.05, 0) is 11.2 Å². The van der Waals surface area contributed by atoms with Gasteiger partial charge in [0.25, 0.3) is 5.90 Å². The summed E-state index contributed by atoms with van der Waals surface area (Å²) in [6.45, 7) is 4.71. The number of para-hydroxylation sites is 1. The van der Waals surface area contributed by atoms with Crippen LogP contribution >= 0.6 is 0 Å². The Morgan fingerprint density at radius 2 is 2.00 bits per heavy atom. The lowest BCUT2D eigenvalue weighted by Gasteiger charge is -2.15. The third-order valence-corrected chi connectivity index (χ3v) is 2.05. The van der Waals surface area contributed by atoms with E-state index in [0.717, 1.165) is 0 Å². The van der Waals surface area contributed by atoms with Crippen LogP contribution in [0.4, 0.5) is 0 Å². The smallest absolute Gasteiger partial charge is 0.257 e. The third kappa shape index (κ3) is 3.78. The first-order valence-corrected chi connectivity index (χ1v) is 5.41. The summed E-state index contributed by atoms with van der Waals surface area (Å²) in [5.74, 6) is 0.474. The number of rotatable bonds is 2. The molecule has 18 heavy (non-hydrogen) atoms. The van der Waals surface area contributed by atoms with E-state index in [0.29, 0.717) is 30.2 Å². The molecule has 0 saturated carbocycles. The molecule has 0 aromatic heterocycles. The Bertz CT molecular complexity index is 429. The first-order chi connectivity index (χ1) is 8.70. The summed E-state index contributed by atoms with van der Waals surface area (Å²) in [5.41, 5.74) is 1.12. The molecule has 1 heterocycles. The van der Waals surface area contributed by atoms with E-state index >= 15 is 0 Å². The van der Waals surface area contributed by atoms with Crippen molar-refractivity contribution in [3.05, 3.63) is 36.4 Å². The van der Waals surface area contributed by atoms with Gasteiger partial charge in [0, 0.05) is 25.4 Å². The predicted octanol–water partition coefficient (Wildman–Crippen LogP) is 2.03. The van der Waals surface area contributed by atoms with E-state index in [1.54, 1.807) is 32.4 Å². The molecule has 0 amide bonds. The van der Waals surface area contributed by atoms with Crippen LogP contribution in [0, 0.1) is 0 Å². The number of methoxy groups -OCH3 is 1. The number of oxime groups is 1. The molecule has 0 spiro atoms. The summed E-state index contributed by atoms with van der Waals surface area (Å²) < 4.78 is 9.51. The molecule has 5 nitrogen and oxygen atoms in total. The molecule has 1 aliphatic heterocycles. The van der Waals surface area contributed by atoms with Crippen molar-refractivity contribution in [2.75, 3.05) is 27.4 Å². The Labute approximate surface area is 106 Å². The van der Waals surface area contributed by atoms with Crippen LogP contribution in [0.2, 0.25) is 0 Å². The number of ether oxygens (including phenoxy) is 2. The van der Waals surface area contributed by atoms with Crippen molar-refractivity contribution in [2.45, 2.75) is 0 Å². The average molecular weight is 251 g/mol. The number of benzene rings is 1. The van der Waals surface area contributed by atoms with Crippen molar-refractivity contribution in [3.63, 3.8) is 0 Å². The van der Waals surface area contributed by atoms with E-state index in [9.17, 15) is 5.11 Å². The summed E-state index contributed by atoms with van der Waals surface area (Å²) in [7, 11) is 3.25. The zero-order valence-corrected chi connectivity index (χ0v) is 10.5. The van der Waals surface area contributed by atoms with Crippen LogP contribution in [0.3, 0.4) is 0 Å². The van der Waals surface area contributed by atoms with Crippen molar-refractivity contribution in [3.8, 4) is 5.75 Å². The van der Waals surface area contributed by atoms with Gasteiger partial charge in [-0.2, -0.15) is 0 Å². The molecular formula is C13H17NO4. The first kappa shape index (κ1) is 14.1. The maximum Gasteiger partial charge on any atom is 0.257 e. The Morgan fingerprint density at radius 1 is 1.33 bits per heavy atom. The van der Waals surface area contributed by atoms with E-state index in [4.69, 9.17) is 9.57 Å². The van der Waals surface area contributed by atoms with Crippen molar-refractivity contribution < 1.29 is 19.4 Å². The summed E-state index contributed by atoms with van der Waals surface area (Å²) >= 11 is 0. The molecule has 0 atom stereocenters. The number of hydrogen-bond acceptors (Lipinski definition) is 5. The Balaban J connectivity index is 0.000000492. The fourth-order valence-corrected chi connectivity index (χ4v) is 1.29. The van der Waals surface area contributed by atoms with Gasteiger partial charge >= 0.3 is 0 Å². The van der Waals surface area contributed by atoms with Crippen molar-refractivity contribution in [2.24, 2.45) is 5.16 Å². The second kappa shape index (κ2) is 7.34. The number of aromatic hydroxyl groups is 1. The number of phenolic OH excluding ortho intramolecular Hbond substituents is 1. The van der Waals surface area contributed by atoms with Crippen LogP contribution in [0.15, 0.2) is 36.0 Å². The van der Waals surface area contributed by atoms with E-state index in [1.807, 2.05) is 6.07 Å². The Hall–Kier alpha value is -2.01. The molecule has 1 aliphatic rings. The van der Waals surface area contributed by atoms with Crippen LogP contribution in [0.5, 0.6) is 5.75 Å². The van der Waals surface area contributed by atoms with E-state index in [-0.39, 0.29) is 5.75 Å². The predicted molar refractivity (Wildman–Crippen MR) is 69.4 cm³/mol. The van der Waals surface area contributed by atoms with E-state index in [2.05, 4.69) is 16.5 Å². The van der Waals surface area contributed by atoms with Gasteiger partial charge in [0.15, 0.2) is 6.61 Å². The molecule has 0 fully saturated rings. The summed E-state index contributed by atoms with van der Waals surface area (Å²) in [6, 6.07) is 6.89. The highest BCUT2D eigenvalue weighted by Crippen LogP contribution is 2.25. The Kier molecular flexibility index (Phi) is 5.73. The fourth-order valence-electron chi connectivity index (χ4n) is 1.29. The molecule has 2 rings (SSSR count). The molecule has 1 N–H and O–H groups in total. The molecule has 0 saturated heterocycles. The first-order valence-electron chi connectivity index (χ1n) is 5.41. The number of hydrogen-bond donors (Lipinski definition) is 1. The lowest BCUT2D eigenvalue weighted by molar-refractivity contribution is 0.0669. The van der Waals surface area contributed by atoms with Crippen molar-refractivity contribution in [1.82, 2.24) is 0 Å². The van der Waals surface area contributed by atoms with Crippen LogP contribution in [-0.4, -0.2) is 38.4 Å². The second-order valence-electron chi connectivity index (χ2n) is 3.48. The number of nitrogens with zero attached hydrogens (tertiary/aromatic N) is 1. The van der Waals surface area contributed by atoms with Gasteiger partial charge in [0.1, 0.15) is 12.4 Å². The van der Waals surface area contributed by atoms with Gasteiger partial charge in [-0.3, -0.25) is 0 Å². The maximum atomic E-state index is 9.60. The standard InChI is InChI=1S/C11H11NO3.C2H6O/c1-8(11-12-15-7-6-14-11)9-4-2-3-5-10(9)13;1-3-2/h2-5,13H,1,6-7H2;1-2H3. The lowest BCUT2D eigenvalue weighted by atomic mass is 10.1. The van der Waals surface area contributed by atoms with Gasteiger partial charge < -0.3 is 19.4 Å². The minimum Gasteiger partial charge on any atom is -0.507 e. The molecule has 1 aromatic rings. The van der Waals surface area contributed by atoms with Crippen LogP contribution in [0.1, 0.15) is 5.56 Å². The highest BCUT2D eigenvalue weighted by Gasteiger charge is 2.15. The minimum absolute atomic E-state index is 0.152. The Morgan fingerprint density at radius 3 is 2.56 bits per heavy atom. The molecule has 98 valence electrons. The third-order valence-electron chi connectivity index (χ3n) is 2.05. The highest BCUT2D eigenvalue weighted by atomic mass is 16.7. The van der Waals surface area contributed by atoms with Crippen molar-refractivity contribution in [1.29, 1.82) is 0 Å². The van der Waals surface area contributed by atoms with Crippen LogP contribution in [0.25, 0.3) is 5.57 Å².